The molecule has 112 valence electrons. The molecule has 0 saturated carbocycles. The van der Waals surface area contributed by atoms with Crippen LogP contribution in [0.15, 0.2) is 56.6 Å². The number of carbonyl (C=O) groups is 1. The molecule has 0 aliphatic rings. The summed E-state index contributed by atoms with van der Waals surface area (Å²) in [4.78, 5) is 25.9. The Hall–Kier alpha value is -2.54. The highest BCUT2D eigenvalue weighted by molar-refractivity contribution is 8.00. The molecule has 22 heavy (non-hydrogen) atoms. The fourth-order valence-corrected chi connectivity index (χ4v) is 2.67. The third kappa shape index (κ3) is 3.20. The van der Waals surface area contributed by atoms with Gasteiger partial charge in [-0.2, -0.15) is 0 Å². The van der Waals surface area contributed by atoms with Crippen molar-refractivity contribution in [1.82, 2.24) is 4.98 Å². The van der Waals surface area contributed by atoms with E-state index in [0.29, 0.717) is 21.7 Å². The number of nitrogens with one attached hydrogen (secondary N) is 2. The molecule has 1 aromatic heterocycles. The summed E-state index contributed by atoms with van der Waals surface area (Å²) in [6, 6.07) is 11.1. The van der Waals surface area contributed by atoms with Crippen LogP contribution in [-0.2, 0) is 4.79 Å². The number of aromatic amines is 1. The third-order valence-corrected chi connectivity index (χ3v) is 3.95. The molecule has 0 bridgehead atoms. The van der Waals surface area contributed by atoms with Crippen molar-refractivity contribution in [1.29, 1.82) is 0 Å². The predicted molar refractivity (Wildman–Crippen MR) is 82.6 cm³/mol. The van der Waals surface area contributed by atoms with Crippen molar-refractivity contribution in [2.45, 2.75) is 4.90 Å². The summed E-state index contributed by atoms with van der Waals surface area (Å²) in [6.45, 7) is 0. The number of anilines is 1. The molecular weight excluding hydrogens is 307 g/mol. The summed E-state index contributed by atoms with van der Waals surface area (Å²) in [5.41, 5.74) is 1.46. The fourth-order valence-electron chi connectivity index (χ4n) is 1.93. The standard InChI is InChI=1S/C15H11FN2O3S/c16-10-3-1-2-4-13(10)22-8-14(19)17-9-5-6-12-11(7-9)18-15(20)21-12/h1-7H,8H2,(H,17,19)(H,18,20). The van der Waals surface area contributed by atoms with Crippen LogP contribution in [0.25, 0.3) is 11.1 Å². The largest absolute Gasteiger partial charge is 0.417 e. The Bertz CT molecular complexity index is 888. The van der Waals surface area contributed by atoms with Crippen molar-refractivity contribution >= 4 is 34.5 Å². The maximum absolute atomic E-state index is 13.4. The smallest absolute Gasteiger partial charge is 0.408 e. The molecular formula is C15H11FN2O3S. The zero-order valence-electron chi connectivity index (χ0n) is 11.3. The summed E-state index contributed by atoms with van der Waals surface area (Å²) < 4.78 is 18.3. The van der Waals surface area contributed by atoms with Gasteiger partial charge in [-0.1, -0.05) is 12.1 Å². The van der Waals surface area contributed by atoms with Crippen molar-refractivity contribution in [3.8, 4) is 0 Å². The average Bonchev–Trinajstić information content (AvgIpc) is 2.86. The molecule has 0 aliphatic carbocycles. The van der Waals surface area contributed by atoms with E-state index in [1.165, 1.54) is 6.07 Å². The molecule has 3 rings (SSSR count). The van der Waals surface area contributed by atoms with Gasteiger partial charge in [0.05, 0.1) is 11.3 Å². The number of oxazole rings is 1. The molecule has 5 nitrogen and oxygen atoms in total. The van der Waals surface area contributed by atoms with Crippen LogP contribution in [0.3, 0.4) is 0 Å². The lowest BCUT2D eigenvalue weighted by Gasteiger charge is -2.05. The first-order valence-corrected chi connectivity index (χ1v) is 7.40. The van der Waals surface area contributed by atoms with Crippen molar-refractivity contribution < 1.29 is 13.6 Å². The molecule has 1 heterocycles. The monoisotopic (exact) mass is 318 g/mol. The fraction of sp³-hybridized carbons (Fsp3) is 0.0667. The highest BCUT2D eigenvalue weighted by Gasteiger charge is 2.08. The van der Waals surface area contributed by atoms with Crippen LogP contribution >= 0.6 is 11.8 Å². The first-order valence-electron chi connectivity index (χ1n) is 6.42. The minimum atomic E-state index is -0.548. The second kappa shape index (κ2) is 6.07. The molecule has 0 saturated heterocycles. The molecule has 0 spiro atoms. The normalized spacial score (nSPS) is 10.8. The topological polar surface area (TPSA) is 75.1 Å². The molecule has 0 aliphatic heterocycles. The van der Waals surface area contributed by atoms with Gasteiger partial charge in [0, 0.05) is 10.6 Å². The number of hydrogen-bond acceptors (Lipinski definition) is 4. The molecule has 0 atom stereocenters. The second-order valence-corrected chi connectivity index (χ2v) is 5.51. The van der Waals surface area contributed by atoms with E-state index >= 15 is 0 Å². The Morgan fingerprint density at radius 2 is 2.09 bits per heavy atom. The summed E-state index contributed by atoms with van der Waals surface area (Å²) >= 11 is 1.12. The van der Waals surface area contributed by atoms with Gasteiger partial charge in [0.1, 0.15) is 5.82 Å². The van der Waals surface area contributed by atoms with Crippen molar-refractivity contribution in [2.24, 2.45) is 0 Å². The van der Waals surface area contributed by atoms with E-state index in [1.54, 1.807) is 36.4 Å². The Morgan fingerprint density at radius 3 is 2.91 bits per heavy atom. The lowest BCUT2D eigenvalue weighted by atomic mass is 10.3. The number of thioether (sulfide) groups is 1. The van der Waals surface area contributed by atoms with Gasteiger partial charge in [0.25, 0.3) is 0 Å². The summed E-state index contributed by atoms with van der Waals surface area (Å²) in [7, 11) is 0. The average molecular weight is 318 g/mol. The summed E-state index contributed by atoms with van der Waals surface area (Å²) in [5, 5.41) is 2.69. The van der Waals surface area contributed by atoms with Crippen molar-refractivity contribution in [3.63, 3.8) is 0 Å². The van der Waals surface area contributed by atoms with Gasteiger partial charge >= 0.3 is 5.76 Å². The number of H-pyrrole nitrogens is 1. The lowest BCUT2D eigenvalue weighted by molar-refractivity contribution is -0.113. The molecule has 0 fully saturated rings. The van der Waals surface area contributed by atoms with Crippen LogP contribution in [0.4, 0.5) is 10.1 Å². The zero-order chi connectivity index (χ0) is 15.5. The van der Waals surface area contributed by atoms with E-state index in [2.05, 4.69) is 10.3 Å². The van der Waals surface area contributed by atoms with E-state index in [1.807, 2.05) is 0 Å². The molecule has 1 amide bonds. The van der Waals surface area contributed by atoms with Crippen LogP contribution < -0.4 is 11.1 Å². The van der Waals surface area contributed by atoms with Gasteiger partial charge in [-0.25, -0.2) is 9.18 Å². The predicted octanol–water partition coefficient (Wildman–Crippen LogP) is 2.99. The van der Waals surface area contributed by atoms with Crippen LogP contribution in [0.5, 0.6) is 0 Å². The zero-order valence-corrected chi connectivity index (χ0v) is 12.1. The van der Waals surface area contributed by atoms with Gasteiger partial charge in [-0.05, 0) is 30.3 Å². The Balaban J connectivity index is 1.65. The van der Waals surface area contributed by atoms with Gasteiger partial charge in [0.2, 0.25) is 5.91 Å². The quantitative estimate of drug-likeness (QED) is 0.725. The molecule has 2 N–H and O–H groups in total. The van der Waals surface area contributed by atoms with Gasteiger partial charge in [0.15, 0.2) is 5.58 Å². The number of amides is 1. The minimum absolute atomic E-state index is 0.0842. The SMILES string of the molecule is O=C(CSc1ccccc1F)Nc1ccc2oc(=O)[nH]c2c1. The van der Waals surface area contributed by atoms with Crippen molar-refractivity contribution in [2.75, 3.05) is 11.1 Å². The first kappa shape index (κ1) is 14.4. The molecule has 3 aromatic rings. The van der Waals surface area contributed by atoms with Gasteiger partial charge < -0.3 is 9.73 Å². The Morgan fingerprint density at radius 1 is 1.27 bits per heavy atom. The number of carbonyl (C=O) groups excluding carboxylic acids is 1. The number of benzene rings is 2. The maximum Gasteiger partial charge on any atom is 0.417 e. The maximum atomic E-state index is 13.4. The summed E-state index contributed by atoms with van der Waals surface area (Å²) in [5.74, 6) is -1.08. The Labute approximate surface area is 128 Å². The van der Waals surface area contributed by atoms with Crippen molar-refractivity contribution in [3.05, 3.63) is 58.8 Å². The van der Waals surface area contributed by atoms with E-state index in [-0.39, 0.29) is 17.5 Å². The number of halogens is 1. The number of hydrogen-bond donors (Lipinski definition) is 2. The van der Waals surface area contributed by atoms with Crippen LogP contribution in [-0.4, -0.2) is 16.6 Å². The highest BCUT2D eigenvalue weighted by Crippen LogP contribution is 2.22. The van der Waals surface area contributed by atoms with Gasteiger partial charge in [-0.15, -0.1) is 11.8 Å². The number of fused-ring (bicyclic) bond motifs is 1. The van der Waals surface area contributed by atoms with Crippen LogP contribution in [0.2, 0.25) is 0 Å². The van der Waals surface area contributed by atoms with E-state index < -0.39 is 5.76 Å². The third-order valence-electron chi connectivity index (χ3n) is 2.90. The first-order chi connectivity index (χ1) is 10.6. The van der Waals surface area contributed by atoms with Crippen LogP contribution in [0.1, 0.15) is 0 Å². The lowest BCUT2D eigenvalue weighted by Crippen LogP contribution is -2.14. The molecule has 0 radical (unpaired) electrons. The van der Waals surface area contributed by atoms with Gasteiger partial charge in [-0.3, -0.25) is 9.78 Å². The minimum Gasteiger partial charge on any atom is -0.408 e. The second-order valence-electron chi connectivity index (χ2n) is 4.49. The number of rotatable bonds is 4. The molecule has 2 aromatic carbocycles. The highest BCUT2D eigenvalue weighted by atomic mass is 32.2. The van der Waals surface area contributed by atoms with Crippen LogP contribution in [0, 0.1) is 5.82 Å². The molecule has 0 unspecified atom stereocenters. The molecule has 7 heteroatoms. The number of aromatic nitrogens is 1. The Kier molecular flexibility index (Phi) is 3.97. The summed E-state index contributed by atoms with van der Waals surface area (Å²) in [6.07, 6.45) is 0. The van der Waals surface area contributed by atoms with E-state index in [4.69, 9.17) is 4.42 Å². The van der Waals surface area contributed by atoms with E-state index in [9.17, 15) is 14.0 Å². The van der Waals surface area contributed by atoms with E-state index in [0.717, 1.165) is 11.8 Å².